The number of ether oxygens (including phenoxy) is 1. The summed E-state index contributed by atoms with van der Waals surface area (Å²) in [6, 6.07) is 15.6. The fourth-order valence-electron chi connectivity index (χ4n) is 5.43. The van der Waals surface area contributed by atoms with E-state index in [-0.39, 0.29) is 36.8 Å². The highest BCUT2D eigenvalue weighted by molar-refractivity contribution is 5.82. The first kappa shape index (κ1) is 24.8. The van der Waals surface area contributed by atoms with Crippen molar-refractivity contribution < 1.29 is 24.2 Å². The van der Waals surface area contributed by atoms with Gasteiger partial charge in [0.15, 0.2) is 0 Å². The summed E-state index contributed by atoms with van der Waals surface area (Å²) in [5, 5.41) is 15.0. The molecule has 186 valence electrons. The Bertz CT molecular complexity index is 1020. The van der Waals surface area contributed by atoms with Crippen LogP contribution in [-0.4, -0.2) is 41.8 Å². The molecule has 3 atom stereocenters. The molecule has 2 aliphatic rings. The number of carbonyl (C=O) groups excluding carboxylic acids is 2. The smallest absolute Gasteiger partial charge is 0.407 e. The topological polar surface area (TPSA) is 105 Å². The van der Waals surface area contributed by atoms with Gasteiger partial charge in [-0.3, -0.25) is 9.59 Å². The largest absolute Gasteiger partial charge is 0.481 e. The van der Waals surface area contributed by atoms with Crippen molar-refractivity contribution in [2.75, 3.05) is 6.61 Å². The number of hydrogen-bond acceptors (Lipinski definition) is 4. The van der Waals surface area contributed by atoms with Gasteiger partial charge in [0.25, 0.3) is 0 Å². The van der Waals surface area contributed by atoms with Crippen LogP contribution in [0.1, 0.15) is 68.9 Å². The van der Waals surface area contributed by atoms with Crippen LogP contribution in [0.2, 0.25) is 0 Å². The van der Waals surface area contributed by atoms with Gasteiger partial charge in [0.2, 0.25) is 5.91 Å². The second-order valence-corrected chi connectivity index (χ2v) is 9.56. The molecule has 0 aliphatic heterocycles. The van der Waals surface area contributed by atoms with Crippen molar-refractivity contribution in [3.8, 4) is 11.1 Å². The van der Waals surface area contributed by atoms with Gasteiger partial charge in [0.1, 0.15) is 6.61 Å². The van der Waals surface area contributed by atoms with Gasteiger partial charge in [-0.15, -0.1) is 0 Å². The molecule has 0 spiro atoms. The number of rotatable bonds is 10. The number of benzene rings is 2. The SMILES string of the molecule is CCCCC(CC(=O)O)NC(=O)[C@H]1CCC[C@H]1NC(=O)OCC1c2ccccc2-c2ccccc21. The first-order chi connectivity index (χ1) is 17.0. The number of nitrogens with one attached hydrogen (secondary N) is 2. The van der Waals surface area contributed by atoms with E-state index in [0.717, 1.165) is 30.4 Å². The molecular weight excluding hydrogens is 444 g/mol. The number of unbranched alkanes of at least 4 members (excludes halogenated alkanes) is 1. The number of carboxylic acids is 1. The van der Waals surface area contributed by atoms with Gasteiger partial charge in [0.05, 0.1) is 12.3 Å². The Hall–Kier alpha value is -3.35. The van der Waals surface area contributed by atoms with Crippen LogP contribution in [0.3, 0.4) is 0 Å². The molecule has 0 saturated heterocycles. The van der Waals surface area contributed by atoms with Crippen LogP contribution in [0.25, 0.3) is 11.1 Å². The number of carbonyl (C=O) groups is 3. The van der Waals surface area contributed by atoms with E-state index in [1.807, 2.05) is 31.2 Å². The zero-order chi connectivity index (χ0) is 24.8. The summed E-state index contributed by atoms with van der Waals surface area (Å²) in [5.74, 6) is -1.51. The Morgan fingerprint density at radius 2 is 1.69 bits per heavy atom. The summed E-state index contributed by atoms with van der Waals surface area (Å²) in [6.45, 7) is 2.26. The van der Waals surface area contributed by atoms with Gasteiger partial charge in [-0.1, -0.05) is 74.7 Å². The summed E-state index contributed by atoms with van der Waals surface area (Å²) >= 11 is 0. The maximum absolute atomic E-state index is 12.9. The lowest BCUT2D eigenvalue weighted by molar-refractivity contribution is -0.138. The van der Waals surface area contributed by atoms with E-state index in [1.54, 1.807) is 0 Å². The minimum Gasteiger partial charge on any atom is -0.481 e. The van der Waals surface area contributed by atoms with Crippen LogP contribution in [0, 0.1) is 5.92 Å². The molecule has 3 N–H and O–H groups in total. The van der Waals surface area contributed by atoms with Crippen molar-refractivity contribution >= 4 is 18.0 Å². The van der Waals surface area contributed by atoms with Crippen molar-refractivity contribution in [3.05, 3.63) is 59.7 Å². The van der Waals surface area contributed by atoms with E-state index >= 15 is 0 Å². The molecule has 4 rings (SSSR count). The molecule has 1 fully saturated rings. The average Bonchev–Trinajstić information content (AvgIpc) is 3.43. The van der Waals surface area contributed by atoms with Crippen molar-refractivity contribution in [1.82, 2.24) is 10.6 Å². The molecule has 1 unspecified atom stereocenters. The maximum atomic E-state index is 12.9. The van der Waals surface area contributed by atoms with Crippen LogP contribution < -0.4 is 10.6 Å². The van der Waals surface area contributed by atoms with Gasteiger partial charge in [0, 0.05) is 18.0 Å². The van der Waals surface area contributed by atoms with Gasteiger partial charge in [-0.25, -0.2) is 4.79 Å². The van der Waals surface area contributed by atoms with Crippen LogP contribution in [-0.2, 0) is 14.3 Å². The Morgan fingerprint density at radius 3 is 2.31 bits per heavy atom. The second-order valence-electron chi connectivity index (χ2n) is 9.56. The average molecular weight is 479 g/mol. The fraction of sp³-hybridized carbons (Fsp3) is 0.464. The molecule has 1 saturated carbocycles. The summed E-state index contributed by atoms with van der Waals surface area (Å²) in [4.78, 5) is 36.8. The molecule has 0 radical (unpaired) electrons. The lowest BCUT2D eigenvalue weighted by atomic mass is 9.98. The minimum absolute atomic E-state index is 0.0221. The van der Waals surface area contributed by atoms with E-state index in [0.29, 0.717) is 19.3 Å². The van der Waals surface area contributed by atoms with E-state index in [4.69, 9.17) is 4.74 Å². The van der Waals surface area contributed by atoms with Crippen LogP contribution in [0.15, 0.2) is 48.5 Å². The van der Waals surface area contributed by atoms with Crippen molar-refractivity contribution in [2.45, 2.75) is 69.9 Å². The Morgan fingerprint density at radius 1 is 1.03 bits per heavy atom. The summed E-state index contributed by atoms with van der Waals surface area (Å²) in [6.07, 6.45) is 3.98. The normalized spacial score (nSPS) is 19.5. The molecule has 35 heavy (non-hydrogen) atoms. The predicted octanol–water partition coefficient (Wildman–Crippen LogP) is 4.84. The Balaban J connectivity index is 1.34. The summed E-state index contributed by atoms with van der Waals surface area (Å²) < 4.78 is 5.66. The third-order valence-electron chi connectivity index (χ3n) is 7.17. The van der Waals surface area contributed by atoms with Gasteiger partial charge >= 0.3 is 12.1 Å². The van der Waals surface area contributed by atoms with E-state index in [2.05, 4.69) is 34.9 Å². The first-order valence-electron chi connectivity index (χ1n) is 12.6. The molecule has 2 aromatic carbocycles. The van der Waals surface area contributed by atoms with Crippen molar-refractivity contribution in [2.24, 2.45) is 5.92 Å². The number of amides is 2. The lowest BCUT2D eigenvalue weighted by Gasteiger charge is -2.24. The third kappa shape index (κ3) is 5.84. The molecule has 2 aliphatic carbocycles. The first-order valence-corrected chi connectivity index (χ1v) is 12.6. The van der Waals surface area contributed by atoms with Gasteiger partial charge in [-0.05, 0) is 41.5 Å². The molecule has 2 aromatic rings. The Kier molecular flexibility index (Phi) is 8.06. The highest BCUT2D eigenvalue weighted by Crippen LogP contribution is 2.44. The van der Waals surface area contributed by atoms with E-state index in [9.17, 15) is 19.5 Å². The van der Waals surface area contributed by atoms with Crippen LogP contribution in [0.5, 0.6) is 0 Å². The molecule has 0 heterocycles. The highest BCUT2D eigenvalue weighted by Gasteiger charge is 2.36. The molecule has 7 heteroatoms. The van der Waals surface area contributed by atoms with E-state index in [1.165, 1.54) is 11.1 Å². The highest BCUT2D eigenvalue weighted by atomic mass is 16.5. The number of aliphatic carboxylic acids is 1. The third-order valence-corrected chi connectivity index (χ3v) is 7.17. The fourth-order valence-corrected chi connectivity index (χ4v) is 5.43. The Labute approximate surface area is 206 Å². The van der Waals surface area contributed by atoms with Crippen LogP contribution in [0.4, 0.5) is 4.79 Å². The molecular formula is C28H34N2O5. The number of hydrogen-bond donors (Lipinski definition) is 3. The monoisotopic (exact) mass is 478 g/mol. The zero-order valence-corrected chi connectivity index (χ0v) is 20.2. The molecule has 0 aromatic heterocycles. The van der Waals surface area contributed by atoms with E-state index < -0.39 is 18.1 Å². The van der Waals surface area contributed by atoms with Crippen molar-refractivity contribution in [3.63, 3.8) is 0 Å². The van der Waals surface area contributed by atoms with Crippen molar-refractivity contribution in [1.29, 1.82) is 0 Å². The maximum Gasteiger partial charge on any atom is 0.407 e. The number of fused-ring (bicyclic) bond motifs is 3. The predicted molar refractivity (Wildman–Crippen MR) is 133 cm³/mol. The van der Waals surface area contributed by atoms with Gasteiger partial charge < -0.3 is 20.5 Å². The number of carboxylic acid groups (broad SMARTS) is 1. The minimum atomic E-state index is -0.925. The molecule has 7 nitrogen and oxygen atoms in total. The second kappa shape index (κ2) is 11.4. The van der Waals surface area contributed by atoms with Gasteiger partial charge in [-0.2, -0.15) is 0 Å². The zero-order valence-electron chi connectivity index (χ0n) is 20.2. The number of alkyl carbamates (subject to hydrolysis) is 1. The summed E-state index contributed by atoms with van der Waals surface area (Å²) in [5.41, 5.74) is 4.64. The quantitative estimate of drug-likeness (QED) is 0.453. The molecule has 0 bridgehead atoms. The molecule has 2 amide bonds. The lowest BCUT2D eigenvalue weighted by Crippen LogP contribution is -2.47. The summed E-state index contributed by atoms with van der Waals surface area (Å²) in [7, 11) is 0. The standard InChI is InChI=1S/C28H34N2O5/c1-2-3-9-18(16-26(31)32)29-27(33)23-14-8-15-25(23)30-28(34)35-17-24-21-12-6-4-10-19(21)20-11-5-7-13-22(20)24/h4-7,10-13,18,23-25H,2-3,8-9,14-17H2,1H3,(H,29,33)(H,30,34)(H,31,32)/t18?,23-,25+/m0/s1. The van der Waals surface area contributed by atoms with Crippen LogP contribution >= 0.6 is 0 Å².